The van der Waals surface area contributed by atoms with Crippen LogP contribution in [-0.2, 0) is 6.54 Å². The molecule has 20 heavy (non-hydrogen) atoms. The molecular formula is C14H22BrN3S2. The fourth-order valence-electron chi connectivity index (χ4n) is 2.65. The number of halogens is 1. The lowest BCUT2D eigenvalue weighted by Gasteiger charge is -2.38. The van der Waals surface area contributed by atoms with E-state index in [-0.39, 0.29) is 6.04 Å². The van der Waals surface area contributed by atoms with Gasteiger partial charge in [-0.05, 0) is 33.8 Å². The number of hydrogen-bond acceptors (Lipinski definition) is 4. The Bertz CT molecular complexity index is 441. The molecule has 0 saturated carbocycles. The number of nitrogens with two attached hydrogens (primary N) is 1. The van der Waals surface area contributed by atoms with Crippen molar-refractivity contribution >= 4 is 44.5 Å². The van der Waals surface area contributed by atoms with Gasteiger partial charge in [0.25, 0.3) is 0 Å². The lowest BCUT2D eigenvalue weighted by molar-refractivity contribution is 0.110. The van der Waals surface area contributed by atoms with Gasteiger partial charge in [0, 0.05) is 42.1 Å². The van der Waals surface area contributed by atoms with Crippen molar-refractivity contribution in [2.75, 3.05) is 26.2 Å². The molecule has 112 valence electrons. The Morgan fingerprint density at radius 2 is 2.15 bits per heavy atom. The molecular weight excluding hydrogens is 354 g/mol. The molecule has 3 nitrogen and oxygen atoms in total. The molecule has 1 aromatic heterocycles. The summed E-state index contributed by atoms with van der Waals surface area (Å²) in [5.41, 5.74) is 5.89. The first kappa shape index (κ1) is 16.4. The summed E-state index contributed by atoms with van der Waals surface area (Å²) in [5.74, 6) is 0. The van der Waals surface area contributed by atoms with Crippen LogP contribution in [0.1, 0.15) is 24.6 Å². The molecule has 1 unspecified atom stereocenters. The predicted octanol–water partition coefficient (Wildman–Crippen LogP) is 3.08. The molecule has 0 aromatic carbocycles. The van der Waals surface area contributed by atoms with Crippen LogP contribution in [0.2, 0.25) is 0 Å². The van der Waals surface area contributed by atoms with Crippen LogP contribution in [-0.4, -0.2) is 47.0 Å². The predicted molar refractivity (Wildman–Crippen MR) is 94.4 cm³/mol. The fraction of sp³-hybridized carbons (Fsp3) is 0.643. The zero-order valence-electron chi connectivity index (χ0n) is 11.8. The van der Waals surface area contributed by atoms with E-state index in [0.717, 1.165) is 45.6 Å². The van der Waals surface area contributed by atoms with E-state index in [1.165, 1.54) is 9.35 Å². The normalized spacial score (nSPS) is 19.1. The Morgan fingerprint density at radius 3 is 2.65 bits per heavy atom. The van der Waals surface area contributed by atoms with Gasteiger partial charge in [-0.3, -0.25) is 9.80 Å². The molecule has 2 rings (SSSR count). The lowest BCUT2D eigenvalue weighted by atomic mass is 10.1. The van der Waals surface area contributed by atoms with Gasteiger partial charge in [-0.2, -0.15) is 0 Å². The van der Waals surface area contributed by atoms with Crippen LogP contribution in [0, 0.1) is 0 Å². The van der Waals surface area contributed by atoms with Gasteiger partial charge in [-0.1, -0.05) is 25.6 Å². The topological polar surface area (TPSA) is 32.5 Å². The highest BCUT2D eigenvalue weighted by Crippen LogP contribution is 2.24. The number of hydrogen-bond donors (Lipinski definition) is 1. The molecule has 1 aliphatic rings. The summed E-state index contributed by atoms with van der Waals surface area (Å²) in [7, 11) is 0. The van der Waals surface area contributed by atoms with Crippen molar-refractivity contribution < 1.29 is 0 Å². The molecule has 1 saturated heterocycles. The minimum atomic E-state index is 0.283. The van der Waals surface area contributed by atoms with Gasteiger partial charge in [-0.15, -0.1) is 11.3 Å². The fourth-order valence-corrected chi connectivity index (χ4v) is 4.44. The quantitative estimate of drug-likeness (QED) is 0.774. The minimum Gasteiger partial charge on any atom is -0.392 e. The van der Waals surface area contributed by atoms with E-state index in [4.69, 9.17) is 18.0 Å². The summed E-state index contributed by atoms with van der Waals surface area (Å²) < 4.78 is 1.23. The first-order valence-corrected chi connectivity index (χ1v) is 9.17. The maximum absolute atomic E-state index is 5.89. The highest BCUT2D eigenvalue weighted by molar-refractivity contribution is 9.10. The molecule has 1 aliphatic heterocycles. The SMILES string of the molecule is CCCC(C(N)=S)N1CCN(Cc2sccc2Br)CC1. The summed E-state index contributed by atoms with van der Waals surface area (Å²) in [6, 6.07) is 2.41. The molecule has 0 spiro atoms. The Hall–Kier alpha value is -0.0100. The number of piperazine rings is 1. The third-order valence-corrected chi connectivity index (χ3v) is 5.98. The monoisotopic (exact) mass is 375 g/mol. The van der Waals surface area contributed by atoms with Gasteiger partial charge >= 0.3 is 0 Å². The smallest absolute Gasteiger partial charge is 0.0902 e. The molecule has 0 aliphatic carbocycles. The van der Waals surface area contributed by atoms with Crippen LogP contribution in [0.15, 0.2) is 15.9 Å². The summed E-state index contributed by atoms with van der Waals surface area (Å²) in [4.78, 5) is 7.03. The summed E-state index contributed by atoms with van der Waals surface area (Å²) in [6.07, 6.45) is 2.20. The molecule has 6 heteroatoms. The van der Waals surface area contributed by atoms with E-state index in [1.807, 2.05) is 11.3 Å². The zero-order chi connectivity index (χ0) is 14.5. The van der Waals surface area contributed by atoms with Gasteiger partial charge in [0.1, 0.15) is 0 Å². The first-order valence-electron chi connectivity index (χ1n) is 7.09. The third-order valence-electron chi connectivity index (χ3n) is 3.80. The third kappa shape index (κ3) is 4.24. The maximum Gasteiger partial charge on any atom is 0.0902 e. The largest absolute Gasteiger partial charge is 0.392 e. The van der Waals surface area contributed by atoms with Crippen molar-refractivity contribution in [3.63, 3.8) is 0 Å². The average Bonchev–Trinajstić information content (AvgIpc) is 2.82. The molecule has 2 heterocycles. The number of thiocarbonyl (C=S) groups is 1. The van der Waals surface area contributed by atoms with Gasteiger partial charge < -0.3 is 5.73 Å². The van der Waals surface area contributed by atoms with Crippen molar-refractivity contribution in [2.24, 2.45) is 5.73 Å². The highest BCUT2D eigenvalue weighted by atomic mass is 79.9. The second kappa shape index (κ2) is 7.84. The molecule has 2 N–H and O–H groups in total. The molecule has 0 radical (unpaired) electrons. The van der Waals surface area contributed by atoms with Crippen molar-refractivity contribution in [1.29, 1.82) is 0 Å². The standard InChI is InChI=1S/C14H22BrN3S2/c1-2-3-12(14(16)19)18-7-5-17(6-8-18)10-13-11(15)4-9-20-13/h4,9,12H,2-3,5-8,10H2,1H3,(H2,16,19). The minimum absolute atomic E-state index is 0.283. The first-order chi connectivity index (χ1) is 9.61. The van der Waals surface area contributed by atoms with E-state index in [2.05, 4.69) is 44.1 Å². The summed E-state index contributed by atoms with van der Waals surface area (Å²) in [5, 5.41) is 2.14. The molecule has 0 bridgehead atoms. The van der Waals surface area contributed by atoms with Crippen molar-refractivity contribution in [1.82, 2.24) is 9.80 Å². The summed E-state index contributed by atoms with van der Waals surface area (Å²) >= 11 is 10.6. The van der Waals surface area contributed by atoms with Crippen molar-refractivity contribution in [3.05, 3.63) is 20.8 Å². The van der Waals surface area contributed by atoms with Gasteiger partial charge in [0.05, 0.1) is 11.0 Å². The van der Waals surface area contributed by atoms with Crippen LogP contribution in [0.25, 0.3) is 0 Å². The zero-order valence-corrected chi connectivity index (χ0v) is 15.1. The van der Waals surface area contributed by atoms with Crippen molar-refractivity contribution in [3.8, 4) is 0 Å². The molecule has 1 fully saturated rings. The second-order valence-electron chi connectivity index (χ2n) is 5.21. The van der Waals surface area contributed by atoms with Gasteiger partial charge in [-0.25, -0.2) is 0 Å². The Labute approximate surface area is 139 Å². The Kier molecular flexibility index (Phi) is 6.42. The van der Waals surface area contributed by atoms with Gasteiger partial charge in [0.15, 0.2) is 0 Å². The molecule has 1 atom stereocenters. The Balaban J connectivity index is 1.85. The van der Waals surface area contributed by atoms with E-state index >= 15 is 0 Å². The van der Waals surface area contributed by atoms with Crippen LogP contribution >= 0.6 is 39.5 Å². The van der Waals surface area contributed by atoms with E-state index in [1.54, 1.807) is 0 Å². The second-order valence-corrected chi connectivity index (χ2v) is 7.54. The number of thiophene rings is 1. The molecule has 0 amide bonds. The van der Waals surface area contributed by atoms with E-state index in [0.29, 0.717) is 4.99 Å². The van der Waals surface area contributed by atoms with E-state index in [9.17, 15) is 0 Å². The van der Waals surface area contributed by atoms with Crippen LogP contribution in [0.4, 0.5) is 0 Å². The number of rotatable bonds is 6. The maximum atomic E-state index is 5.89. The van der Waals surface area contributed by atoms with Crippen molar-refractivity contribution in [2.45, 2.75) is 32.4 Å². The van der Waals surface area contributed by atoms with Crippen LogP contribution in [0.3, 0.4) is 0 Å². The number of nitrogens with zero attached hydrogens (tertiary/aromatic N) is 2. The average molecular weight is 376 g/mol. The van der Waals surface area contributed by atoms with Gasteiger partial charge in [0.2, 0.25) is 0 Å². The Morgan fingerprint density at radius 1 is 1.45 bits per heavy atom. The summed E-state index contributed by atoms with van der Waals surface area (Å²) in [6.45, 7) is 7.53. The van der Waals surface area contributed by atoms with Crippen LogP contribution < -0.4 is 5.73 Å². The lowest BCUT2D eigenvalue weighted by Crippen LogP contribution is -2.53. The highest BCUT2D eigenvalue weighted by Gasteiger charge is 2.25. The van der Waals surface area contributed by atoms with Crippen LogP contribution in [0.5, 0.6) is 0 Å². The molecule has 1 aromatic rings. The van der Waals surface area contributed by atoms with E-state index < -0.39 is 0 Å².